The molecule has 42 heavy (non-hydrogen) atoms. The Labute approximate surface area is 254 Å². The molecule has 236 valence electrons. The van der Waals surface area contributed by atoms with Crippen LogP contribution >= 0.6 is 0 Å². The zero-order chi connectivity index (χ0) is 31.1. The highest BCUT2D eigenvalue weighted by Gasteiger charge is 2.63. The molecule has 6 heteroatoms. The molecular weight excluding hydrogens is 528 g/mol. The van der Waals surface area contributed by atoms with Crippen LogP contribution in [0.15, 0.2) is 22.8 Å². The van der Waals surface area contributed by atoms with Gasteiger partial charge in [-0.3, -0.25) is 4.79 Å². The second-order valence-corrected chi connectivity index (χ2v) is 14.9. The molecule has 0 saturated heterocycles. The third kappa shape index (κ3) is 5.38. The lowest BCUT2D eigenvalue weighted by Gasteiger charge is -2.62. The molecule has 0 spiro atoms. The summed E-state index contributed by atoms with van der Waals surface area (Å²) >= 11 is 0. The van der Waals surface area contributed by atoms with Gasteiger partial charge in [0.1, 0.15) is 11.7 Å². The first kappa shape index (κ1) is 32.8. The fourth-order valence-corrected chi connectivity index (χ4v) is 10.4. The lowest BCUT2D eigenvalue weighted by Crippen LogP contribution is -2.55. The second-order valence-electron chi connectivity index (χ2n) is 14.9. The van der Waals surface area contributed by atoms with E-state index in [-0.39, 0.29) is 52.5 Å². The average Bonchev–Trinajstić information content (AvgIpc) is 3.19. The Bertz CT molecular complexity index is 1110. The van der Waals surface area contributed by atoms with Crippen LogP contribution in [0.3, 0.4) is 0 Å². The van der Waals surface area contributed by atoms with Gasteiger partial charge in [0.15, 0.2) is 0 Å². The third-order valence-corrected chi connectivity index (χ3v) is 12.7. The normalized spacial score (nSPS) is 35.7. The number of esters is 3. The number of fused-ring (bicyclic) bond motifs is 4. The van der Waals surface area contributed by atoms with Gasteiger partial charge in [0.2, 0.25) is 0 Å². The summed E-state index contributed by atoms with van der Waals surface area (Å²) in [5.41, 5.74) is 4.07. The van der Waals surface area contributed by atoms with Crippen LogP contribution in [0.5, 0.6) is 0 Å². The molecule has 0 unspecified atom stereocenters. The van der Waals surface area contributed by atoms with Crippen LogP contribution in [0.2, 0.25) is 0 Å². The van der Waals surface area contributed by atoms with E-state index in [1.807, 2.05) is 0 Å². The van der Waals surface area contributed by atoms with Crippen LogP contribution in [0.1, 0.15) is 127 Å². The molecule has 0 aromatic carbocycles. The summed E-state index contributed by atoms with van der Waals surface area (Å²) in [6.07, 6.45) is 12.5. The molecule has 0 aliphatic heterocycles. The smallest absolute Gasteiger partial charge is 0.345 e. The Hall–Kier alpha value is -2.11. The standard InChI is InChI=1S/C36H56O6/c1-10-40-31(38)25(32(39)41-11-2)14-12-13-23(3)26-17-21-36(9)28-15-16-29-33(5,6)30(42-24(4)37)19-20-34(29,7)27(28)18-22-35(26,36)8/h14,23,26,29-30H,10-13,15-22H2,1-9H3/t23-,26-,29+,30+,34-,35-,36+/m1/s1. The van der Waals surface area contributed by atoms with Crippen molar-refractivity contribution in [3.63, 3.8) is 0 Å². The van der Waals surface area contributed by atoms with Crippen LogP contribution in [-0.4, -0.2) is 37.2 Å². The summed E-state index contributed by atoms with van der Waals surface area (Å²) < 4.78 is 16.1. The molecule has 4 aliphatic rings. The van der Waals surface area contributed by atoms with Gasteiger partial charge < -0.3 is 14.2 Å². The Morgan fingerprint density at radius 2 is 1.52 bits per heavy atom. The van der Waals surface area contributed by atoms with E-state index in [1.165, 1.54) is 32.1 Å². The van der Waals surface area contributed by atoms with Crippen molar-refractivity contribution < 1.29 is 28.6 Å². The van der Waals surface area contributed by atoms with Crippen molar-refractivity contribution in [3.05, 3.63) is 22.8 Å². The Kier molecular flexibility index (Phi) is 9.46. The van der Waals surface area contributed by atoms with Gasteiger partial charge in [0, 0.05) is 12.3 Å². The predicted octanol–water partition coefficient (Wildman–Crippen LogP) is 8.14. The molecule has 2 fully saturated rings. The van der Waals surface area contributed by atoms with Crippen LogP contribution in [0.4, 0.5) is 0 Å². The van der Waals surface area contributed by atoms with Gasteiger partial charge in [0.05, 0.1) is 13.2 Å². The molecular formula is C36H56O6. The Morgan fingerprint density at radius 1 is 0.881 bits per heavy atom. The molecule has 4 aliphatic carbocycles. The minimum atomic E-state index is -0.593. The molecule has 0 radical (unpaired) electrons. The fourth-order valence-electron chi connectivity index (χ4n) is 10.4. The van der Waals surface area contributed by atoms with Crippen LogP contribution in [0.25, 0.3) is 0 Å². The zero-order valence-corrected chi connectivity index (χ0v) is 27.8. The van der Waals surface area contributed by atoms with Gasteiger partial charge in [-0.15, -0.1) is 0 Å². The minimum absolute atomic E-state index is 0.00129. The van der Waals surface area contributed by atoms with E-state index in [1.54, 1.807) is 38.0 Å². The van der Waals surface area contributed by atoms with Crippen LogP contribution < -0.4 is 0 Å². The maximum Gasteiger partial charge on any atom is 0.345 e. The number of rotatable bonds is 9. The lowest BCUT2D eigenvalue weighted by atomic mass is 9.43. The number of hydrogen-bond donors (Lipinski definition) is 0. The topological polar surface area (TPSA) is 78.9 Å². The molecule has 2 saturated carbocycles. The highest BCUT2D eigenvalue weighted by molar-refractivity contribution is 6.14. The maximum atomic E-state index is 12.4. The van der Waals surface area contributed by atoms with E-state index in [2.05, 4.69) is 41.5 Å². The van der Waals surface area contributed by atoms with E-state index in [4.69, 9.17) is 14.2 Å². The molecule has 0 N–H and O–H groups in total. The van der Waals surface area contributed by atoms with Crippen molar-refractivity contribution in [1.29, 1.82) is 0 Å². The fraction of sp³-hybridized carbons (Fsp3) is 0.806. The predicted molar refractivity (Wildman–Crippen MR) is 164 cm³/mol. The first-order valence-electron chi connectivity index (χ1n) is 16.6. The summed E-state index contributed by atoms with van der Waals surface area (Å²) in [6, 6.07) is 0. The SMILES string of the molecule is CCOC(=O)C(=CCC[C@@H](C)[C@H]1CC[C@@]2(C)C3=C(CC[C@]12C)[C@@]1(C)CC[C@H](OC(C)=O)C(C)(C)[C@@H]1CC3)C(=O)OCC. The first-order valence-corrected chi connectivity index (χ1v) is 16.6. The van der Waals surface area contributed by atoms with Crippen molar-refractivity contribution in [1.82, 2.24) is 0 Å². The van der Waals surface area contributed by atoms with E-state index >= 15 is 0 Å². The van der Waals surface area contributed by atoms with Gasteiger partial charge in [0.25, 0.3) is 0 Å². The number of allylic oxidation sites excluding steroid dienone is 3. The Balaban J connectivity index is 1.54. The van der Waals surface area contributed by atoms with E-state index < -0.39 is 11.9 Å². The number of ether oxygens (including phenoxy) is 3. The number of carbonyl (C=O) groups is 3. The van der Waals surface area contributed by atoms with Crippen molar-refractivity contribution in [2.45, 2.75) is 133 Å². The van der Waals surface area contributed by atoms with Gasteiger partial charge in [-0.05, 0) is 112 Å². The third-order valence-electron chi connectivity index (χ3n) is 12.7. The van der Waals surface area contributed by atoms with Crippen molar-refractivity contribution >= 4 is 17.9 Å². The minimum Gasteiger partial charge on any atom is -0.462 e. The summed E-state index contributed by atoms with van der Waals surface area (Å²) in [6.45, 7) is 20.2. The van der Waals surface area contributed by atoms with E-state index in [0.29, 0.717) is 24.2 Å². The largest absolute Gasteiger partial charge is 0.462 e. The number of carbonyl (C=O) groups excluding carboxylic acids is 3. The number of hydrogen-bond acceptors (Lipinski definition) is 6. The quantitative estimate of drug-likeness (QED) is 0.0680. The zero-order valence-electron chi connectivity index (χ0n) is 27.8. The molecule has 0 aromatic rings. The van der Waals surface area contributed by atoms with Gasteiger partial charge in [-0.2, -0.15) is 0 Å². The van der Waals surface area contributed by atoms with E-state index in [9.17, 15) is 14.4 Å². The monoisotopic (exact) mass is 584 g/mol. The Morgan fingerprint density at radius 3 is 2.12 bits per heavy atom. The van der Waals surface area contributed by atoms with Crippen LogP contribution in [0, 0.1) is 39.4 Å². The average molecular weight is 585 g/mol. The summed E-state index contributed by atoms with van der Waals surface area (Å²) in [5, 5.41) is 0. The van der Waals surface area contributed by atoms with Gasteiger partial charge >= 0.3 is 17.9 Å². The van der Waals surface area contributed by atoms with Crippen molar-refractivity contribution in [2.24, 2.45) is 39.4 Å². The molecule has 4 rings (SSSR count). The first-order chi connectivity index (χ1) is 19.7. The molecule has 0 amide bonds. The van der Waals surface area contributed by atoms with E-state index in [0.717, 1.165) is 25.7 Å². The van der Waals surface area contributed by atoms with Crippen molar-refractivity contribution in [2.75, 3.05) is 13.2 Å². The lowest BCUT2D eigenvalue weighted by molar-refractivity contribution is -0.167. The highest BCUT2D eigenvalue weighted by Crippen LogP contribution is 2.72. The maximum absolute atomic E-state index is 12.4. The second kappa shape index (κ2) is 12.1. The summed E-state index contributed by atoms with van der Waals surface area (Å²) in [4.78, 5) is 36.7. The molecule has 0 heterocycles. The summed E-state index contributed by atoms with van der Waals surface area (Å²) in [5.74, 6) is 0.250. The van der Waals surface area contributed by atoms with Gasteiger partial charge in [-0.25, -0.2) is 9.59 Å². The molecule has 6 nitrogen and oxygen atoms in total. The molecule has 7 atom stereocenters. The van der Waals surface area contributed by atoms with Crippen LogP contribution in [-0.2, 0) is 28.6 Å². The summed E-state index contributed by atoms with van der Waals surface area (Å²) in [7, 11) is 0. The van der Waals surface area contributed by atoms with Crippen molar-refractivity contribution in [3.8, 4) is 0 Å². The highest BCUT2D eigenvalue weighted by atomic mass is 16.6. The molecule has 0 aromatic heterocycles. The molecule has 0 bridgehead atoms. The van der Waals surface area contributed by atoms with Gasteiger partial charge in [-0.1, -0.05) is 58.8 Å².